The molecule has 2 unspecified atom stereocenters. The van der Waals surface area contributed by atoms with E-state index in [-0.39, 0.29) is 0 Å². The molecule has 0 saturated heterocycles. The zero-order chi connectivity index (χ0) is 11.2. The van der Waals surface area contributed by atoms with Crippen LogP contribution in [0.3, 0.4) is 0 Å². The highest BCUT2D eigenvalue weighted by Crippen LogP contribution is 2.30. The summed E-state index contributed by atoms with van der Waals surface area (Å²) in [7, 11) is 0. The van der Waals surface area contributed by atoms with Crippen molar-refractivity contribution in [1.82, 2.24) is 0 Å². The second kappa shape index (κ2) is 6.30. The first-order valence-corrected chi connectivity index (χ1v) is 6.98. The fourth-order valence-electron chi connectivity index (χ4n) is 2.66. The quantitative estimate of drug-likeness (QED) is 0.522. The Bertz CT molecular complexity index is 294. The lowest BCUT2D eigenvalue weighted by Crippen LogP contribution is -2.14. The molecule has 1 aliphatic carbocycles. The first kappa shape index (κ1) is 12.0. The Morgan fingerprint density at radius 3 is 2.56 bits per heavy atom. The summed E-state index contributed by atoms with van der Waals surface area (Å²) in [6, 6.07) is 10.8. The van der Waals surface area contributed by atoms with Crippen molar-refractivity contribution in [3.8, 4) is 0 Å². The van der Waals surface area contributed by atoms with Crippen molar-refractivity contribution < 1.29 is 0 Å². The zero-order valence-corrected chi connectivity index (χ0v) is 10.6. The minimum atomic E-state index is 0.422. The fourth-order valence-corrected chi connectivity index (χ4v) is 3.07. The minimum Gasteiger partial charge on any atom is -0.123 e. The summed E-state index contributed by atoms with van der Waals surface area (Å²) in [6.45, 7) is 0. The van der Waals surface area contributed by atoms with Gasteiger partial charge >= 0.3 is 0 Å². The fraction of sp³-hybridized carbons (Fsp3) is 0.600. The minimum absolute atomic E-state index is 0.422. The van der Waals surface area contributed by atoms with Gasteiger partial charge in [-0.2, -0.15) is 0 Å². The van der Waals surface area contributed by atoms with Crippen LogP contribution >= 0.6 is 11.6 Å². The van der Waals surface area contributed by atoms with Gasteiger partial charge in [0.05, 0.1) is 0 Å². The topological polar surface area (TPSA) is 0 Å². The van der Waals surface area contributed by atoms with Gasteiger partial charge in [0.1, 0.15) is 0 Å². The Kier molecular flexibility index (Phi) is 4.71. The normalized spacial score (nSPS) is 26.3. The van der Waals surface area contributed by atoms with Crippen LogP contribution in [-0.4, -0.2) is 5.38 Å². The van der Waals surface area contributed by atoms with Crippen LogP contribution in [0, 0.1) is 5.92 Å². The van der Waals surface area contributed by atoms with Gasteiger partial charge in [0, 0.05) is 5.38 Å². The van der Waals surface area contributed by atoms with Crippen molar-refractivity contribution in [2.75, 3.05) is 0 Å². The Labute approximate surface area is 104 Å². The van der Waals surface area contributed by atoms with E-state index in [2.05, 4.69) is 30.3 Å². The average molecular weight is 237 g/mol. The third-order valence-corrected chi connectivity index (χ3v) is 4.29. The van der Waals surface area contributed by atoms with Gasteiger partial charge in [0.15, 0.2) is 0 Å². The number of rotatable bonds is 3. The molecule has 1 saturated carbocycles. The predicted octanol–water partition coefficient (Wildman–Crippen LogP) is 4.81. The number of halogens is 1. The van der Waals surface area contributed by atoms with E-state index >= 15 is 0 Å². The van der Waals surface area contributed by atoms with Crippen LogP contribution in [0.1, 0.15) is 44.1 Å². The van der Waals surface area contributed by atoms with Crippen LogP contribution in [0.25, 0.3) is 0 Å². The summed E-state index contributed by atoms with van der Waals surface area (Å²) in [4.78, 5) is 0. The van der Waals surface area contributed by atoms with Crippen molar-refractivity contribution in [1.29, 1.82) is 0 Å². The highest BCUT2D eigenvalue weighted by Gasteiger charge is 2.21. The van der Waals surface area contributed by atoms with E-state index in [1.807, 2.05) is 0 Å². The van der Waals surface area contributed by atoms with E-state index in [1.54, 1.807) is 0 Å². The molecule has 0 amide bonds. The molecule has 0 spiro atoms. The van der Waals surface area contributed by atoms with Crippen LogP contribution in [0.4, 0.5) is 0 Å². The SMILES string of the molecule is ClC1CCCCCC1CCc1ccccc1. The largest absolute Gasteiger partial charge is 0.123 e. The summed E-state index contributed by atoms with van der Waals surface area (Å²) >= 11 is 6.45. The van der Waals surface area contributed by atoms with Crippen molar-refractivity contribution in [3.63, 3.8) is 0 Å². The highest BCUT2D eigenvalue weighted by atomic mass is 35.5. The third kappa shape index (κ3) is 3.52. The molecule has 0 heterocycles. The molecule has 2 rings (SSSR count). The van der Waals surface area contributed by atoms with Crippen molar-refractivity contribution in [2.45, 2.75) is 50.3 Å². The molecular weight excluding hydrogens is 216 g/mol. The summed E-state index contributed by atoms with van der Waals surface area (Å²) < 4.78 is 0. The average Bonchev–Trinajstić information content (AvgIpc) is 2.53. The van der Waals surface area contributed by atoms with Gasteiger partial charge in [0.2, 0.25) is 0 Å². The van der Waals surface area contributed by atoms with Gasteiger partial charge in [-0.25, -0.2) is 0 Å². The maximum absolute atomic E-state index is 6.45. The lowest BCUT2D eigenvalue weighted by molar-refractivity contribution is 0.435. The van der Waals surface area contributed by atoms with Crippen molar-refractivity contribution in [3.05, 3.63) is 35.9 Å². The number of hydrogen-bond acceptors (Lipinski definition) is 0. The molecule has 0 aliphatic heterocycles. The predicted molar refractivity (Wildman–Crippen MR) is 71.0 cm³/mol. The van der Waals surface area contributed by atoms with Crippen LogP contribution in [0.5, 0.6) is 0 Å². The van der Waals surface area contributed by atoms with E-state index in [9.17, 15) is 0 Å². The summed E-state index contributed by atoms with van der Waals surface area (Å²) in [5.74, 6) is 0.740. The lowest BCUT2D eigenvalue weighted by atomic mass is 9.92. The number of aryl methyl sites for hydroxylation is 1. The van der Waals surface area contributed by atoms with E-state index in [1.165, 1.54) is 50.5 Å². The first-order valence-electron chi connectivity index (χ1n) is 6.54. The third-order valence-electron chi connectivity index (χ3n) is 3.71. The standard InChI is InChI=1S/C15H21Cl/c16-15-10-6-2-5-9-14(15)12-11-13-7-3-1-4-8-13/h1,3-4,7-8,14-15H,2,5-6,9-12H2. The molecule has 0 N–H and O–H groups in total. The molecule has 0 aromatic heterocycles. The molecule has 1 fully saturated rings. The molecular formula is C15H21Cl. The smallest absolute Gasteiger partial charge is 0.0364 e. The van der Waals surface area contributed by atoms with Gasteiger partial charge in [0.25, 0.3) is 0 Å². The Hall–Kier alpha value is -0.490. The zero-order valence-electron chi connectivity index (χ0n) is 9.87. The molecule has 2 atom stereocenters. The number of benzene rings is 1. The molecule has 88 valence electrons. The Morgan fingerprint density at radius 2 is 1.75 bits per heavy atom. The monoisotopic (exact) mass is 236 g/mol. The highest BCUT2D eigenvalue weighted by molar-refractivity contribution is 6.20. The van der Waals surface area contributed by atoms with Gasteiger partial charge in [-0.05, 0) is 37.2 Å². The number of alkyl halides is 1. The molecule has 0 bridgehead atoms. The molecule has 0 nitrogen and oxygen atoms in total. The molecule has 1 aromatic rings. The van der Waals surface area contributed by atoms with E-state index in [0.717, 1.165) is 5.92 Å². The van der Waals surface area contributed by atoms with Gasteiger partial charge in [-0.1, -0.05) is 49.6 Å². The van der Waals surface area contributed by atoms with Crippen LogP contribution in [0.15, 0.2) is 30.3 Å². The second-order valence-corrected chi connectivity index (χ2v) is 5.50. The van der Waals surface area contributed by atoms with Crippen molar-refractivity contribution in [2.24, 2.45) is 5.92 Å². The summed E-state index contributed by atoms with van der Waals surface area (Å²) in [6.07, 6.45) is 9.10. The van der Waals surface area contributed by atoms with Crippen LogP contribution < -0.4 is 0 Å². The van der Waals surface area contributed by atoms with Gasteiger partial charge in [-0.15, -0.1) is 11.6 Å². The molecule has 16 heavy (non-hydrogen) atoms. The maximum Gasteiger partial charge on any atom is 0.0364 e. The Morgan fingerprint density at radius 1 is 1.00 bits per heavy atom. The van der Waals surface area contributed by atoms with Crippen LogP contribution in [-0.2, 0) is 6.42 Å². The molecule has 1 heteroatoms. The van der Waals surface area contributed by atoms with E-state index in [4.69, 9.17) is 11.6 Å². The maximum atomic E-state index is 6.45. The summed E-state index contributed by atoms with van der Waals surface area (Å²) in [5.41, 5.74) is 1.45. The number of hydrogen-bond donors (Lipinski definition) is 0. The van der Waals surface area contributed by atoms with E-state index < -0.39 is 0 Å². The second-order valence-electron chi connectivity index (χ2n) is 4.94. The molecule has 1 aliphatic rings. The molecule has 0 radical (unpaired) electrons. The summed E-state index contributed by atoms with van der Waals surface area (Å²) in [5, 5.41) is 0.422. The van der Waals surface area contributed by atoms with Gasteiger partial charge in [-0.3, -0.25) is 0 Å². The Balaban J connectivity index is 1.84. The van der Waals surface area contributed by atoms with Crippen molar-refractivity contribution >= 4 is 11.6 Å². The molecule has 1 aromatic carbocycles. The lowest BCUT2D eigenvalue weighted by Gasteiger charge is -2.19. The van der Waals surface area contributed by atoms with Gasteiger partial charge < -0.3 is 0 Å². The first-order chi connectivity index (χ1) is 7.86. The van der Waals surface area contributed by atoms with E-state index in [0.29, 0.717) is 5.38 Å². The van der Waals surface area contributed by atoms with Crippen LogP contribution in [0.2, 0.25) is 0 Å².